The van der Waals surface area contributed by atoms with Crippen LogP contribution in [-0.4, -0.2) is 31.7 Å². The number of nitrogens with one attached hydrogen (secondary N) is 2. The van der Waals surface area contributed by atoms with Crippen LogP contribution in [0.15, 0.2) is 24.3 Å². The Morgan fingerprint density at radius 2 is 2.16 bits per heavy atom. The average molecular weight is 266 g/mol. The quantitative estimate of drug-likeness (QED) is 0.865. The monoisotopic (exact) mass is 266 g/mol. The molecule has 3 unspecified atom stereocenters. The molecule has 2 N–H and O–H groups in total. The van der Waals surface area contributed by atoms with Crippen LogP contribution in [0.25, 0.3) is 0 Å². The molecule has 1 aromatic rings. The third kappa shape index (κ3) is 3.52. The van der Waals surface area contributed by atoms with Gasteiger partial charge in [-0.2, -0.15) is 0 Å². The normalized spacial score (nSPS) is 24.2. The zero-order valence-electron chi connectivity index (χ0n) is 11.2. The maximum atomic E-state index is 12.8. The second-order valence-electron chi connectivity index (χ2n) is 4.84. The lowest BCUT2D eigenvalue weighted by molar-refractivity contribution is -0.123. The van der Waals surface area contributed by atoms with Crippen LogP contribution in [0.1, 0.15) is 24.9 Å². The summed E-state index contributed by atoms with van der Waals surface area (Å²) in [7, 11) is 1.65. The zero-order valence-corrected chi connectivity index (χ0v) is 11.2. The molecule has 1 saturated heterocycles. The van der Waals surface area contributed by atoms with Gasteiger partial charge in [0.2, 0.25) is 5.91 Å². The Kier molecular flexibility index (Phi) is 4.50. The molecule has 0 bridgehead atoms. The van der Waals surface area contributed by atoms with Gasteiger partial charge in [-0.15, -0.1) is 0 Å². The molecule has 3 atom stereocenters. The number of carbonyl (C=O) groups excluding carboxylic acids is 1. The minimum absolute atomic E-state index is 0.0450. The first-order valence-electron chi connectivity index (χ1n) is 6.42. The maximum Gasteiger partial charge on any atom is 0.237 e. The second-order valence-corrected chi connectivity index (χ2v) is 4.84. The summed E-state index contributed by atoms with van der Waals surface area (Å²) in [5.41, 5.74) is 0.885. The van der Waals surface area contributed by atoms with E-state index in [0.29, 0.717) is 13.0 Å². The lowest BCUT2D eigenvalue weighted by atomic mass is 10.1. The molecule has 0 aliphatic carbocycles. The van der Waals surface area contributed by atoms with Crippen molar-refractivity contribution in [1.29, 1.82) is 0 Å². The molecule has 19 heavy (non-hydrogen) atoms. The van der Waals surface area contributed by atoms with Crippen molar-refractivity contribution >= 4 is 5.91 Å². The summed E-state index contributed by atoms with van der Waals surface area (Å²) in [5, 5.41) is 6.05. The first-order chi connectivity index (χ1) is 9.10. The fourth-order valence-corrected chi connectivity index (χ4v) is 2.23. The van der Waals surface area contributed by atoms with Gasteiger partial charge in [0.25, 0.3) is 0 Å². The molecule has 2 rings (SSSR count). The fraction of sp³-hybridized carbons (Fsp3) is 0.500. The summed E-state index contributed by atoms with van der Waals surface area (Å²) < 4.78 is 18.0. The van der Waals surface area contributed by atoms with E-state index in [1.54, 1.807) is 19.2 Å². The van der Waals surface area contributed by atoms with Gasteiger partial charge in [0.15, 0.2) is 0 Å². The smallest absolute Gasteiger partial charge is 0.237 e. The summed E-state index contributed by atoms with van der Waals surface area (Å²) in [6.45, 7) is 2.58. The van der Waals surface area contributed by atoms with Crippen molar-refractivity contribution in [1.82, 2.24) is 10.6 Å². The number of halogens is 1. The Balaban J connectivity index is 1.90. The van der Waals surface area contributed by atoms with Crippen LogP contribution in [-0.2, 0) is 9.53 Å². The molecule has 0 spiro atoms. The van der Waals surface area contributed by atoms with Crippen LogP contribution in [0.3, 0.4) is 0 Å². The Bertz CT molecular complexity index is 436. The summed E-state index contributed by atoms with van der Waals surface area (Å²) in [6.07, 6.45) is 0.773. The van der Waals surface area contributed by atoms with E-state index in [2.05, 4.69) is 10.6 Å². The topological polar surface area (TPSA) is 50.4 Å². The number of rotatable bonds is 4. The Hall–Kier alpha value is -1.46. The molecule has 0 aromatic heterocycles. The van der Waals surface area contributed by atoms with Gasteiger partial charge in [0, 0.05) is 13.7 Å². The largest absolute Gasteiger partial charge is 0.380 e. The summed E-state index contributed by atoms with van der Waals surface area (Å²) in [5.74, 6) is -0.320. The number of ether oxygens (including phenoxy) is 1. The third-order valence-electron chi connectivity index (χ3n) is 3.47. The van der Waals surface area contributed by atoms with Gasteiger partial charge in [-0.25, -0.2) is 4.39 Å². The minimum atomic E-state index is -0.275. The Labute approximate surface area is 112 Å². The first-order valence-corrected chi connectivity index (χ1v) is 6.42. The molecule has 5 heteroatoms. The number of methoxy groups -OCH3 is 1. The molecule has 0 radical (unpaired) electrons. The molecule has 1 fully saturated rings. The predicted molar refractivity (Wildman–Crippen MR) is 70.2 cm³/mol. The van der Waals surface area contributed by atoms with E-state index >= 15 is 0 Å². The summed E-state index contributed by atoms with van der Waals surface area (Å²) in [4.78, 5) is 12.1. The molecule has 1 aliphatic heterocycles. The van der Waals surface area contributed by atoms with E-state index in [1.807, 2.05) is 6.92 Å². The number of hydrogen-bond acceptors (Lipinski definition) is 3. The van der Waals surface area contributed by atoms with E-state index in [4.69, 9.17) is 4.74 Å². The first kappa shape index (κ1) is 14.0. The molecular formula is C14H19FN2O2. The number of benzene rings is 1. The number of carbonyl (C=O) groups is 1. The van der Waals surface area contributed by atoms with Crippen molar-refractivity contribution in [2.24, 2.45) is 0 Å². The standard InChI is InChI=1S/C14H19FN2O2/c1-9(10-3-5-11(15)6-4-10)17-14(18)13-7-12(19-2)8-16-13/h3-6,9,12-13,16H,7-8H2,1-2H3,(H,17,18). The highest BCUT2D eigenvalue weighted by Gasteiger charge is 2.29. The molecule has 104 valence electrons. The molecule has 1 aromatic carbocycles. The van der Waals surface area contributed by atoms with Crippen molar-refractivity contribution in [3.8, 4) is 0 Å². The summed E-state index contributed by atoms with van der Waals surface area (Å²) in [6, 6.07) is 5.80. The van der Waals surface area contributed by atoms with Gasteiger partial charge in [0.05, 0.1) is 18.2 Å². The van der Waals surface area contributed by atoms with Gasteiger partial charge in [0.1, 0.15) is 5.82 Å². The lowest BCUT2D eigenvalue weighted by Gasteiger charge is -2.17. The molecule has 0 saturated carbocycles. The van der Waals surface area contributed by atoms with Crippen LogP contribution in [0.2, 0.25) is 0 Å². The highest BCUT2D eigenvalue weighted by Crippen LogP contribution is 2.15. The van der Waals surface area contributed by atoms with Crippen LogP contribution in [0.5, 0.6) is 0 Å². The lowest BCUT2D eigenvalue weighted by Crippen LogP contribution is -2.41. The highest BCUT2D eigenvalue weighted by molar-refractivity contribution is 5.82. The average Bonchev–Trinajstić information content (AvgIpc) is 2.88. The van der Waals surface area contributed by atoms with E-state index in [9.17, 15) is 9.18 Å². The minimum Gasteiger partial charge on any atom is -0.380 e. The van der Waals surface area contributed by atoms with E-state index in [-0.39, 0.29) is 29.9 Å². The molecule has 1 heterocycles. The van der Waals surface area contributed by atoms with Gasteiger partial charge in [-0.05, 0) is 31.0 Å². The SMILES string of the molecule is COC1CNC(C(=O)NC(C)c2ccc(F)cc2)C1. The van der Waals surface area contributed by atoms with Crippen molar-refractivity contribution < 1.29 is 13.9 Å². The van der Waals surface area contributed by atoms with E-state index < -0.39 is 0 Å². The van der Waals surface area contributed by atoms with Gasteiger partial charge < -0.3 is 15.4 Å². The third-order valence-corrected chi connectivity index (χ3v) is 3.47. The Morgan fingerprint density at radius 3 is 2.74 bits per heavy atom. The molecule has 4 nitrogen and oxygen atoms in total. The van der Waals surface area contributed by atoms with Gasteiger partial charge >= 0.3 is 0 Å². The number of hydrogen-bond donors (Lipinski definition) is 2. The van der Waals surface area contributed by atoms with Crippen molar-refractivity contribution in [2.45, 2.75) is 31.5 Å². The van der Waals surface area contributed by atoms with Crippen molar-refractivity contribution in [3.63, 3.8) is 0 Å². The van der Waals surface area contributed by atoms with Crippen LogP contribution >= 0.6 is 0 Å². The maximum absolute atomic E-state index is 12.8. The second kappa shape index (κ2) is 6.12. The zero-order chi connectivity index (χ0) is 13.8. The fourth-order valence-electron chi connectivity index (χ4n) is 2.23. The molecule has 1 amide bonds. The molecular weight excluding hydrogens is 247 g/mol. The van der Waals surface area contributed by atoms with E-state index in [1.165, 1.54) is 12.1 Å². The van der Waals surface area contributed by atoms with Crippen molar-refractivity contribution in [2.75, 3.05) is 13.7 Å². The predicted octanol–water partition coefficient (Wildman–Crippen LogP) is 1.38. The molecule has 1 aliphatic rings. The highest BCUT2D eigenvalue weighted by atomic mass is 19.1. The van der Waals surface area contributed by atoms with E-state index in [0.717, 1.165) is 5.56 Å². The number of amides is 1. The van der Waals surface area contributed by atoms with Crippen molar-refractivity contribution in [3.05, 3.63) is 35.6 Å². The summed E-state index contributed by atoms with van der Waals surface area (Å²) >= 11 is 0. The van der Waals surface area contributed by atoms with Gasteiger partial charge in [-0.3, -0.25) is 4.79 Å². The van der Waals surface area contributed by atoms with Gasteiger partial charge in [-0.1, -0.05) is 12.1 Å². The van der Waals surface area contributed by atoms with Crippen LogP contribution in [0, 0.1) is 5.82 Å². The van der Waals surface area contributed by atoms with Crippen LogP contribution in [0.4, 0.5) is 4.39 Å². The van der Waals surface area contributed by atoms with Crippen LogP contribution < -0.4 is 10.6 Å². The Morgan fingerprint density at radius 1 is 1.47 bits per heavy atom.